The van der Waals surface area contributed by atoms with Crippen LogP contribution in [0.1, 0.15) is 18.4 Å². The van der Waals surface area contributed by atoms with Gasteiger partial charge in [-0.2, -0.15) is 11.8 Å². The van der Waals surface area contributed by atoms with E-state index in [0.717, 1.165) is 24.1 Å². The van der Waals surface area contributed by atoms with E-state index in [1.165, 1.54) is 18.4 Å². The molecule has 1 radical (unpaired) electrons. The summed E-state index contributed by atoms with van der Waals surface area (Å²) in [6.45, 7) is 2.15. The fraction of sp³-hybridized carbons (Fsp3) is 0.500. The molecule has 0 bridgehead atoms. The maximum Gasteiger partial charge on any atom is 0.0187 e. The zero-order chi connectivity index (χ0) is 9.64. The highest BCUT2D eigenvalue weighted by molar-refractivity contribution is 7.99. The number of hydrogen-bond acceptors (Lipinski definition) is 1. The lowest BCUT2D eigenvalue weighted by Gasteiger charge is -2.20. The highest BCUT2D eigenvalue weighted by atomic mass is 32.2. The number of rotatable bonds is 3. The van der Waals surface area contributed by atoms with Gasteiger partial charge in [-0.25, -0.2) is 5.32 Å². The van der Waals surface area contributed by atoms with Gasteiger partial charge in [-0.3, -0.25) is 0 Å². The van der Waals surface area contributed by atoms with Crippen molar-refractivity contribution in [2.24, 2.45) is 0 Å². The molecular weight excluding hydrogens is 190 g/mol. The molecule has 1 saturated heterocycles. The predicted octanol–water partition coefficient (Wildman–Crippen LogP) is 2.69. The molecule has 1 aliphatic heterocycles. The first-order valence-electron chi connectivity index (χ1n) is 5.24. The monoisotopic (exact) mass is 206 g/mol. The smallest absolute Gasteiger partial charge is 0.0187 e. The van der Waals surface area contributed by atoms with Gasteiger partial charge in [0, 0.05) is 24.1 Å². The third kappa shape index (κ3) is 3.03. The predicted molar refractivity (Wildman–Crippen MR) is 62.6 cm³/mol. The Bertz CT molecular complexity index is 254. The van der Waals surface area contributed by atoms with Gasteiger partial charge >= 0.3 is 0 Å². The molecule has 1 aromatic rings. The summed E-state index contributed by atoms with van der Waals surface area (Å²) in [6, 6.07) is 10.7. The van der Waals surface area contributed by atoms with Crippen LogP contribution in [-0.4, -0.2) is 18.3 Å². The van der Waals surface area contributed by atoms with Gasteiger partial charge in [0.25, 0.3) is 0 Å². The molecule has 1 aromatic carbocycles. The van der Waals surface area contributed by atoms with Crippen LogP contribution in [0.2, 0.25) is 0 Å². The Morgan fingerprint density at radius 3 is 2.57 bits per heavy atom. The molecule has 0 aromatic heterocycles. The molecular formula is C12H16NS. The van der Waals surface area contributed by atoms with E-state index < -0.39 is 0 Å². The largest absolute Gasteiger partial charge is 0.242 e. The fourth-order valence-corrected chi connectivity index (χ4v) is 2.85. The fourth-order valence-electron chi connectivity index (χ4n) is 1.68. The van der Waals surface area contributed by atoms with Gasteiger partial charge in [-0.1, -0.05) is 30.3 Å². The van der Waals surface area contributed by atoms with E-state index in [9.17, 15) is 0 Å². The van der Waals surface area contributed by atoms with E-state index in [4.69, 9.17) is 0 Å². The van der Waals surface area contributed by atoms with Crippen LogP contribution in [0.25, 0.3) is 0 Å². The quantitative estimate of drug-likeness (QED) is 0.741. The van der Waals surface area contributed by atoms with Gasteiger partial charge < -0.3 is 0 Å². The van der Waals surface area contributed by atoms with Gasteiger partial charge in [0.15, 0.2) is 0 Å². The van der Waals surface area contributed by atoms with Crippen molar-refractivity contribution >= 4 is 11.8 Å². The highest BCUT2D eigenvalue weighted by Crippen LogP contribution is 2.24. The number of nitrogens with zero attached hydrogens (tertiary/aromatic N) is 1. The van der Waals surface area contributed by atoms with Crippen LogP contribution in [0.4, 0.5) is 0 Å². The molecule has 2 rings (SSSR count). The molecule has 0 unspecified atom stereocenters. The molecule has 1 fully saturated rings. The number of hydrogen-bond donors (Lipinski definition) is 0. The number of piperidine rings is 1. The Morgan fingerprint density at radius 2 is 1.86 bits per heavy atom. The van der Waals surface area contributed by atoms with Crippen molar-refractivity contribution in [3.8, 4) is 0 Å². The summed E-state index contributed by atoms with van der Waals surface area (Å²) in [6.07, 6.45) is 2.55. The van der Waals surface area contributed by atoms with Gasteiger partial charge in [0.05, 0.1) is 0 Å². The Labute approximate surface area is 90.3 Å². The molecule has 1 aliphatic rings. The van der Waals surface area contributed by atoms with Crippen molar-refractivity contribution in [3.63, 3.8) is 0 Å². The van der Waals surface area contributed by atoms with Crippen LogP contribution in [0.5, 0.6) is 0 Å². The zero-order valence-corrected chi connectivity index (χ0v) is 9.17. The summed E-state index contributed by atoms with van der Waals surface area (Å²) < 4.78 is 0. The van der Waals surface area contributed by atoms with Crippen molar-refractivity contribution in [3.05, 3.63) is 35.9 Å². The van der Waals surface area contributed by atoms with Gasteiger partial charge in [0.2, 0.25) is 0 Å². The summed E-state index contributed by atoms with van der Waals surface area (Å²) in [5, 5.41) is 5.21. The lowest BCUT2D eigenvalue weighted by Crippen LogP contribution is -2.23. The Morgan fingerprint density at radius 1 is 1.14 bits per heavy atom. The zero-order valence-electron chi connectivity index (χ0n) is 8.36. The van der Waals surface area contributed by atoms with E-state index in [1.54, 1.807) is 0 Å². The van der Waals surface area contributed by atoms with Crippen molar-refractivity contribution in [2.45, 2.75) is 23.8 Å². The summed E-state index contributed by atoms with van der Waals surface area (Å²) >= 11 is 2.09. The third-order valence-corrected chi connectivity index (χ3v) is 3.99. The first kappa shape index (κ1) is 10.1. The standard InChI is InChI=1S/C12H16NS/c1-2-4-11(5-3-1)10-14-12-6-8-13-9-7-12/h1-5,12H,6-10H2. The van der Waals surface area contributed by atoms with E-state index in [0.29, 0.717) is 0 Å². The molecule has 0 spiro atoms. The van der Waals surface area contributed by atoms with Gasteiger partial charge in [0.1, 0.15) is 0 Å². The Kier molecular flexibility index (Phi) is 3.90. The molecule has 0 N–H and O–H groups in total. The van der Waals surface area contributed by atoms with Crippen molar-refractivity contribution in [2.75, 3.05) is 13.1 Å². The van der Waals surface area contributed by atoms with Gasteiger partial charge in [-0.05, 0) is 18.4 Å². The van der Waals surface area contributed by atoms with Crippen LogP contribution in [-0.2, 0) is 5.75 Å². The highest BCUT2D eigenvalue weighted by Gasteiger charge is 2.13. The van der Waals surface area contributed by atoms with E-state index in [2.05, 4.69) is 47.4 Å². The Hall–Kier alpha value is -0.470. The second-order valence-corrected chi connectivity index (χ2v) is 4.96. The topological polar surface area (TPSA) is 14.1 Å². The molecule has 1 heterocycles. The molecule has 0 aliphatic carbocycles. The van der Waals surface area contributed by atoms with Crippen LogP contribution in [0.15, 0.2) is 30.3 Å². The molecule has 0 atom stereocenters. The van der Waals surface area contributed by atoms with E-state index >= 15 is 0 Å². The van der Waals surface area contributed by atoms with Crippen LogP contribution < -0.4 is 5.32 Å². The molecule has 0 amide bonds. The molecule has 0 saturated carbocycles. The Balaban J connectivity index is 1.76. The average Bonchev–Trinajstić information content (AvgIpc) is 2.29. The summed E-state index contributed by atoms with van der Waals surface area (Å²) in [5.74, 6) is 1.16. The summed E-state index contributed by atoms with van der Waals surface area (Å²) in [7, 11) is 0. The lowest BCUT2D eigenvalue weighted by molar-refractivity contribution is 0.522. The average molecular weight is 206 g/mol. The minimum atomic E-state index is 0.840. The molecule has 14 heavy (non-hydrogen) atoms. The lowest BCUT2D eigenvalue weighted by atomic mass is 10.2. The normalized spacial score (nSPS) is 18.3. The van der Waals surface area contributed by atoms with E-state index in [1.807, 2.05) is 0 Å². The van der Waals surface area contributed by atoms with Crippen LogP contribution >= 0.6 is 11.8 Å². The van der Waals surface area contributed by atoms with Crippen LogP contribution in [0.3, 0.4) is 0 Å². The second kappa shape index (κ2) is 5.42. The van der Waals surface area contributed by atoms with Crippen molar-refractivity contribution in [1.82, 2.24) is 5.32 Å². The maximum absolute atomic E-state index is 4.37. The minimum absolute atomic E-state index is 0.840. The van der Waals surface area contributed by atoms with Crippen molar-refractivity contribution in [1.29, 1.82) is 0 Å². The van der Waals surface area contributed by atoms with Gasteiger partial charge in [-0.15, -0.1) is 0 Å². The van der Waals surface area contributed by atoms with E-state index in [-0.39, 0.29) is 0 Å². The number of benzene rings is 1. The third-order valence-electron chi connectivity index (χ3n) is 2.55. The summed E-state index contributed by atoms with van der Waals surface area (Å²) in [5.41, 5.74) is 1.44. The molecule has 1 nitrogen and oxygen atoms in total. The molecule has 75 valence electrons. The minimum Gasteiger partial charge on any atom is -0.242 e. The second-order valence-electron chi connectivity index (χ2n) is 3.67. The summed E-state index contributed by atoms with van der Waals surface area (Å²) in [4.78, 5) is 0. The SMILES string of the molecule is c1ccc(CSC2CC[N]CC2)cc1. The molecule has 2 heteroatoms. The van der Waals surface area contributed by atoms with Crippen molar-refractivity contribution < 1.29 is 0 Å². The van der Waals surface area contributed by atoms with Crippen LogP contribution in [0, 0.1) is 0 Å². The number of thioether (sulfide) groups is 1. The maximum atomic E-state index is 4.37. The first-order valence-corrected chi connectivity index (χ1v) is 6.29. The first-order chi connectivity index (χ1) is 6.95.